The third-order valence-electron chi connectivity index (χ3n) is 5.55. The van der Waals surface area contributed by atoms with Crippen LogP contribution in [0.15, 0.2) is 47.6 Å². The summed E-state index contributed by atoms with van der Waals surface area (Å²) >= 11 is 5.83. The molecular weight excluding hydrogens is 525 g/mol. The van der Waals surface area contributed by atoms with Crippen molar-refractivity contribution in [2.45, 2.75) is 25.8 Å². The maximum absolute atomic E-state index is 5.83. The molecule has 1 aromatic carbocycles. The Labute approximate surface area is 207 Å². The zero-order valence-corrected chi connectivity index (χ0v) is 21.4. The summed E-state index contributed by atoms with van der Waals surface area (Å²) in [5.41, 5.74) is 2.50. The summed E-state index contributed by atoms with van der Waals surface area (Å²) in [5, 5.41) is 7.39. The van der Waals surface area contributed by atoms with Gasteiger partial charge in [0.25, 0.3) is 0 Å². The van der Waals surface area contributed by atoms with E-state index in [1.807, 2.05) is 37.5 Å². The molecule has 0 bridgehead atoms. The third kappa shape index (κ3) is 8.82. The minimum absolute atomic E-state index is 0. The Balaban J connectivity index is 0.00000341. The molecule has 0 radical (unpaired) electrons. The molecule has 1 saturated heterocycles. The lowest BCUT2D eigenvalue weighted by Crippen LogP contribution is -2.43. The van der Waals surface area contributed by atoms with Gasteiger partial charge in [-0.15, -0.1) is 24.0 Å². The lowest BCUT2D eigenvalue weighted by atomic mass is 9.96. The van der Waals surface area contributed by atoms with Crippen molar-refractivity contribution in [2.24, 2.45) is 10.9 Å². The molecule has 6 nitrogen and oxygen atoms in total. The van der Waals surface area contributed by atoms with E-state index in [0.717, 1.165) is 56.4 Å². The normalized spacial score (nSPS) is 15.3. The first-order valence-electron chi connectivity index (χ1n) is 10.6. The van der Waals surface area contributed by atoms with Gasteiger partial charge in [0.1, 0.15) is 10.9 Å². The molecule has 1 aliphatic rings. The maximum Gasteiger partial charge on any atom is 0.190 e. The van der Waals surface area contributed by atoms with Crippen molar-refractivity contribution in [1.82, 2.24) is 20.5 Å². The SMILES string of the molecule is CN=C(NCCc1ccc(Cl)nc1)NCC1CCN(Cc2ccc(OC)cc2)CC1.I. The molecule has 8 heteroatoms. The second-order valence-corrected chi connectivity index (χ2v) is 8.07. The van der Waals surface area contributed by atoms with E-state index in [4.69, 9.17) is 16.3 Å². The quantitative estimate of drug-likeness (QED) is 0.223. The highest BCUT2D eigenvalue weighted by molar-refractivity contribution is 14.0. The van der Waals surface area contributed by atoms with Gasteiger partial charge in [-0.2, -0.15) is 0 Å². The zero-order chi connectivity index (χ0) is 21.2. The molecule has 2 heterocycles. The van der Waals surface area contributed by atoms with Crippen LogP contribution in [-0.2, 0) is 13.0 Å². The summed E-state index contributed by atoms with van der Waals surface area (Å²) in [6.45, 7) is 5.04. The number of ether oxygens (including phenoxy) is 1. The van der Waals surface area contributed by atoms with Crippen molar-refractivity contribution in [1.29, 1.82) is 0 Å². The molecule has 0 saturated carbocycles. The second-order valence-electron chi connectivity index (χ2n) is 7.69. The lowest BCUT2D eigenvalue weighted by Gasteiger charge is -2.32. The maximum atomic E-state index is 5.83. The highest BCUT2D eigenvalue weighted by atomic mass is 127. The molecular formula is C23H33ClIN5O. The van der Waals surface area contributed by atoms with Crippen LogP contribution < -0.4 is 15.4 Å². The Kier molecular flexibility index (Phi) is 11.4. The Bertz CT molecular complexity index is 793. The molecule has 170 valence electrons. The lowest BCUT2D eigenvalue weighted by molar-refractivity contribution is 0.178. The van der Waals surface area contributed by atoms with E-state index in [9.17, 15) is 0 Å². The number of guanidine groups is 1. The van der Waals surface area contributed by atoms with Crippen LogP contribution in [0, 0.1) is 5.92 Å². The van der Waals surface area contributed by atoms with Crippen molar-refractivity contribution in [2.75, 3.05) is 40.3 Å². The molecule has 3 rings (SSSR count). The Hall–Kier alpha value is -1.58. The fourth-order valence-corrected chi connectivity index (χ4v) is 3.79. The number of likely N-dealkylation sites (tertiary alicyclic amines) is 1. The molecule has 1 fully saturated rings. The fourth-order valence-electron chi connectivity index (χ4n) is 3.68. The predicted molar refractivity (Wildman–Crippen MR) is 139 cm³/mol. The third-order valence-corrected chi connectivity index (χ3v) is 5.77. The number of pyridine rings is 1. The summed E-state index contributed by atoms with van der Waals surface area (Å²) < 4.78 is 5.24. The Morgan fingerprint density at radius 3 is 2.45 bits per heavy atom. The Morgan fingerprint density at radius 2 is 1.84 bits per heavy atom. The van der Waals surface area contributed by atoms with E-state index in [-0.39, 0.29) is 24.0 Å². The Morgan fingerprint density at radius 1 is 1.13 bits per heavy atom. The average molecular weight is 558 g/mol. The van der Waals surface area contributed by atoms with Gasteiger partial charge in [-0.25, -0.2) is 4.98 Å². The van der Waals surface area contributed by atoms with Gasteiger partial charge in [0, 0.05) is 32.9 Å². The number of nitrogens with one attached hydrogen (secondary N) is 2. The van der Waals surface area contributed by atoms with E-state index in [1.165, 1.54) is 18.4 Å². The van der Waals surface area contributed by atoms with Gasteiger partial charge in [0.15, 0.2) is 5.96 Å². The van der Waals surface area contributed by atoms with Crippen LogP contribution in [0.5, 0.6) is 5.75 Å². The van der Waals surface area contributed by atoms with Crippen LogP contribution >= 0.6 is 35.6 Å². The summed E-state index contributed by atoms with van der Waals surface area (Å²) in [7, 11) is 3.52. The van der Waals surface area contributed by atoms with E-state index in [0.29, 0.717) is 11.1 Å². The highest BCUT2D eigenvalue weighted by Crippen LogP contribution is 2.19. The summed E-state index contributed by atoms with van der Waals surface area (Å²) in [5.74, 6) is 2.45. The van der Waals surface area contributed by atoms with E-state index >= 15 is 0 Å². The van der Waals surface area contributed by atoms with Crippen LogP contribution in [0.4, 0.5) is 0 Å². The van der Waals surface area contributed by atoms with Gasteiger partial charge in [0.2, 0.25) is 0 Å². The van der Waals surface area contributed by atoms with Gasteiger partial charge in [-0.1, -0.05) is 29.8 Å². The van der Waals surface area contributed by atoms with Gasteiger partial charge in [-0.3, -0.25) is 9.89 Å². The van der Waals surface area contributed by atoms with Crippen LogP contribution in [-0.4, -0.2) is 56.2 Å². The number of aliphatic imine (C=N–C) groups is 1. The van der Waals surface area contributed by atoms with Gasteiger partial charge in [-0.05, 0) is 67.6 Å². The topological polar surface area (TPSA) is 61.8 Å². The van der Waals surface area contributed by atoms with Crippen molar-refractivity contribution in [3.05, 3.63) is 58.9 Å². The van der Waals surface area contributed by atoms with E-state index < -0.39 is 0 Å². The number of rotatable bonds is 8. The first-order valence-corrected chi connectivity index (χ1v) is 10.9. The first-order chi connectivity index (χ1) is 14.7. The summed E-state index contributed by atoms with van der Waals surface area (Å²) in [6.07, 6.45) is 5.11. The molecule has 0 atom stereocenters. The number of halogens is 2. The number of aromatic nitrogens is 1. The molecule has 0 aliphatic carbocycles. The number of piperidine rings is 1. The number of nitrogens with zero attached hydrogens (tertiary/aromatic N) is 3. The van der Waals surface area contributed by atoms with Crippen LogP contribution in [0.25, 0.3) is 0 Å². The van der Waals surface area contributed by atoms with Crippen LogP contribution in [0.2, 0.25) is 5.15 Å². The fraction of sp³-hybridized carbons (Fsp3) is 0.478. The molecule has 2 aromatic rings. The minimum atomic E-state index is 0. The monoisotopic (exact) mass is 557 g/mol. The van der Waals surface area contributed by atoms with Crippen molar-refractivity contribution >= 4 is 41.5 Å². The van der Waals surface area contributed by atoms with Crippen molar-refractivity contribution in [3.8, 4) is 5.75 Å². The summed E-state index contributed by atoms with van der Waals surface area (Å²) in [6, 6.07) is 12.2. The summed E-state index contributed by atoms with van der Waals surface area (Å²) in [4.78, 5) is 11.0. The highest BCUT2D eigenvalue weighted by Gasteiger charge is 2.19. The number of hydrogen-bond donors (Lipinski definition) is 2. The number of hydrogen-bond acceptors (Lipinski definition) is 4. The van der Waals surface area contributed by atoms with Gasteiger partial charge in [0.05, 0.1) is 7.11 Å². The molecule has 2 N–H and O–H groups in total. The molecule has 0 amide bonds. The zero-order valence-electron chi connectivity index (χ0n) is 18.3. The van der Waals surface area contributed by atoms with Gasteiger partial charge >= 0.3 is 0 Å². The standard InChI is InChI=1S/C23H32ClN5O.HI/c1-25-23(26-12-9-18-5-8-22(24)27-15-18)28-16-19-10-13-29(14-11-19)17-20-3-6-21(30-2)7-4-20;/h3-8,15,19H,9-14,16-17H2,1-2H3,(H2,25,26,28);1H. The molecule has 31 heavy (non-hydrogen) atoms. The smallest absolute Gasteiger partial charge is 0.190 e. The predicted octanol–water partition coefficient (Wildman–Crippen LogP) is 3.98. The molecule has 1 aromatic heterocycles. The first kappa shape index (κ1) is 25.7. The second kappa shape index (κ2) is 13.8. The minimum Gasteiger partial charge on any atom is -0.497 e. The van der Waals surface area contributed by atoms with E-state index in [2.05, 4.69) is 37.6 Å². The van der Waals surface area contributed by atoms with E-state index in [1.54, 1.807) is 7.11 Å². The average Bonchev–Trinajstić information content (AvgIpc) is 2.79. The van der Waals surface area contributed by atoms with Crippen molar-refractivity contribution in [3.63, 3.8) is 0 Å². The van der Waals surface area contributed by atoms with Crippen LogP contribution in [0.3, 0.4) is 0 Å². The molecule has 0 unspecified atom stereocenters. The number of methoxy groups -OCH3 is 1. The largest absolute Gasteiger partial charge is 0.497 e. The van der Waals surface area contributed by atoms with Crippen molar-refractivity contribution < 1.29 is 4.74 Å². The molecule has 0 spiro atoms. The molecule has 1 aliphatic heterocycles. The van der Waals surface area contributed by atoms with Crippen LogP contribution in [0.1, 0.15) is 24.0 Å². The number of benzene rings is 1. The van der Waals surface area contributed by atoms with Gasteiger partial charge < -0.3 is 15.4 Å².